The molecule has 2 saturated heterocycles. The highest BCUT2D eigenvalue weighted by Gasteiger charge is 2.40. The van der Waals surface area contributed by atoms with E-state index in [-0.39, 0.29) is 30.8 Å². The zero-order valence-corrected chi connectivity index (χ0v) is 23.1. The lowest BCUT2D eigenvalue weighted by atomic mass is 9.91. The number of para-hydroxylation sites is 2. The van der Waals surface area contributed by atoms with Gasteiger partial charge in [0.15, 0.2) is 5.82 Å². The summed E-state index contributed by atoms with van der Waals surface area (Å²) >= 11 is 0. The quantitative estimate of drug-likeness (QED) is 0.455. The maximum atomic E-state index is 14.3. The van der Waals surface area contributed by atoms with Crippen LogP contribution in [0.25, 0.3) is 11.0 Å². The van der Waals surface area contributed by atoms with Crippen LogP contribution in [0.3, 0.4) is 0 Å². The lowest BCUT2D eigenvalue weighted by Gasteiger charge is -2.43. The van der Waals surface area contributed by atoms with Crippen LogP contribution in [0.2, 0.25) is 0 Å². The smallest absolute Gasteiger partial charge is 0.407 e. The zero-order valence-electron chi connectivity index (χ0n) is 23.1. The summed E-state index contributed by atoms with van der Waals surface area (Å²) in [6.07, 6.45) is 2.90. The summed E-state index contributed by atoms with van der Waals surface area (Å²) in [6.45, 7) is 7.69. The van der Waals surface area contributed by atoms with Gasteiger partial charge in [0, 0.05) is 51.7 Å². The minimum atomic E-state index is -1.09. The Morgan fingerprint density at radius 1 is 1.07 bits per heavy atom. The van der Waals surface area contributed by atoms with Crippen molar-refractivity contribution < 1.29 is 24.2 Å². The second-order valence-corrected chi connectivity index (χ2v) is 10.9. The average molecular weight is 552 g/mol. The van der Waals surface area contributed by atoms with Crippen LogP contribution in [0.4, 0.5) is 4.79 Å². The number of rotatable bonds is 8. The Hall–Kier alpha value is -3.93. The minimum absolute atomic E-state index is 0.0809. The molecule has 3 amide bonds. The number of aryl methyl sites for hydroxylation is 2. The molecule has 12 nitrogen and oxygen atoms in total. The van der Waals surface area contributed by atoms with Crippen LogP contribution < -0.4 is 0 Å². The number of carbonyl (C=O) groups is 3. The van der Waals surface area contributed by atoms with Crippen LogP contribution in [0.15, 0.2) is 42.7 Å². The van der Waals surface area contributed by atoms with E-state index < -0.39 is 18.1 Å². The monoisotopic (exact) mass is 551 g/mol. The predicted octanol–water partition coefficient (Wildman–Crippen LogP) is 2.26. The molecule has 0 spiro atoms. The summed E-state index contributed by atoms with van der Waals surface area (Å²) in [5.41, 5.74) is 1.56. The Labute approximate surface area is 233 Å². The molecule has 0 saturated carbocycles. The van der Waals surface area contributed by atoms with E-state index in [1.165, 1.54) is 4.90 Å². The maximum absolute atomic E-state index is 14.3. The number of benzene rings is 1. The molecule has 40 heavy (non-hydrogen) atoms. The number of fused-ring (bicyclic) bond motifs is 1. The SMILES string of the molecule is CC(C)CN(C(=O)c1nc2ccccc2n1CCn1cccn1)[C@H]1C[C@@H](C(=O)N2CCOCC2)CN(C(=O)O)C1. The number of ether oxygens (including phenoxy) is 1. The molecule has 0 bridgehead atoms. The van der Waals surface area contributed by atoms with Crippen molar-refractivity contribution in [1.29, 1.82) is 0 Å². The lowest BCUT2D eigenvalue weighted by Crippen LogP contribution is -2.58. The van der Waals surface area contributed by atoms with E-state index in [0.717, 1.165) is 5.52 Å². The van der Waals surface area contributed by atoms with Crippen molar-refractivity contribution in [3.05, 3.63) is 48.5 Å². The van der Waals surface area contributed by atoms with Crippen LogP contribution in [-0.2, 0) is 22.6 Å². The fourth-order valence-corrected chi connectivity index (χ4v) is 5.70. The summed E-state index contributed by atoms with van der Waals surface area (Å²) in [7, 11) is 0. The molecular formula is C28H37N7O5. The Morgan fingerprint density at radius 3 is 2.55 bits per heavy atom. The second-order valence-electron chi connectivity index (χ2n) is 10.9. The summed E-state index contributed by atoms with van der Waals surface area (Å²) in [5, 5.41) is 14.2. The molecule has 214 valence electrons. The highest BCUT2D eigenvalue weighted by atomic mass is 16.5. The van der Waals surface area contributed by atoms with Crippen molar-refractivity contribution in [3.63, 3.8) is 0 Å². The molecule has 0 unspecified atom stereocenters. The van der Waals surface area contributed by atoms with Crippen molar-refractivity contribution in [1.82, 2.24) is 34.0 Å². The molecule has 2 aliphatic rings. The first kappa shape index (κ1) is 27.6. The zero-order chi connectivity index (χ0) is 28.2. The van der Waals surface area contributed by atoms with E-state index in [9.17, 15) is 19.5 Å². The molecule has 2 aliphatic heterocycles. The molecule has 0 radical (unpaired) electrons. The fraction of sp³-hybridized carbons (Fsp3) is 0.536. The number of aromatic nitrogens is 4. The van der Waals surface area contributed by atoms with E-state index in [1.807, 2.05) is 59.6 Å². The lowest BCUT2D eigenvalue weighted by molar-refractivity contribution is -0.142. The van der Waals surface area contributed by atoms with Gasteiger partial charge >= 0.3 is 6.09 Å². The van der Waals surface area contributed by atoms with Gasteiger partial charge in [-0.3, -0.25) is 14.3 Å². The molecule has 1 N–H and O–H groups in total. The number of carbonyl (C=O) groups excluding carboxylic acids is 2. The van der Waals surface area contributed by atoms with Crippen LogP contribution in [-0.4, -0.2) is 109 Å². The predicted molar refractivity (Wildman–Crippen MR) is 147 cm³/mol. The molecule has 2 atom stereocenters. The number of imidazole rings is 1. The first-order chi connectivity index (χ1) is 19.3. The fourth-order valence-electron chi connectivity index (χ4n) is 5.70. The molecule has 0 aliphatic carbocycles. The van der Waals surface area contributed by atoms with Gasteiger partial charge in [-0.15, -0.1) is 0 Å². The topological polar surface area (TPSA) is 126 Å². The van der Waals surface area contributed by atoms with E-state index in [1.54, 1.807) is 16.0 Å². The van der Waals surface area contributed by atoms with Crippen molar-refractivity contribution >= 4 is 28.9 Å². The number of hydrogen-bond acceptors (Lipinski definition) is 6. The van der Waals surface area contributed by atoms with Gasteiger partial charge in [-0.1, -0.05) is 26.0 Å². The minimum Gasteiger partial charge on any atom is -0.465 e. The normalized spacial score (nSPS) is 19.8. The number of morpholine rings is 1. The maximum Gasteiger partial charge on any atom is 0.407 e. The highest BCUT2D eigenvalue weighted by Crippen LogP contribution is 2.27. The third-order valence-electron chi connectivity index (χ3n) is 7.59. The number of likely N-dealkylation sites (tertiary alicyclic amines) is 1. The standard InChI is InChI=1S/C28H37N7O5/c1-20(2)17-35(22-16-21(18-32(19-22)28(38)39)26(36)31-12-14-40-15-13-31)27(37)25-30-23-6-3-4-7-24(23)34(25)11-10-33-9-5-8-29-33/h3-9,20-22H,10-19H2,1-2H3,(H,38,39)/t21-,22+/m1/s1. The summed E-state index contributed by atoms with van der Waals surface area (Å²) in [5.74, 6) is -0.450. The Morgan fingerprint density at radius 2 is 1.85 bits per heavy atom. The van der Waals surface area contributed by atoms with Gasteiger partial charge in [0.05, 0.1) is 42.8 Å². The molecule has 2 aromatic heterocycles. The van der Waals surface area contributed by atoms with Gasteiger partial charge in [0.1, 0.15) is 0 Å². The van der Waals surface area contributed by atoms with Crippen molar-refractivity contribution in [2.45, 2.75) is 39.4 Å². The molecule has 3 aromatic rings. The number of amides is 3. The molecular weight excluding hydrogens is 514 g/mol. The van der Waals surface area contributed by atoms with Gasteiger partial charge in [-0.2, -0.15) is 5.10 Å². The Balaban J connectivity index is 1.46. The van der Waals surface area contributed by atoms with E-state index >= 15 is 0 Å². The van der Waals surface area contributed by atoms with Crippen molar-refractivity contribution in [2.75, 3.05) is 45.9 Å². The summed E-state index contributed by atoms with van der Waals surface area (Å²) in [6, 6.07) is 9.03. The van der Waals surface area contributed by atoms with Crippen molar-refractivity contribution in [3.8, 4) is 0 Å². The largest absolute Gasteiger partial charge is 0.465 e. The third kappa shape index (κ3) is 5.96. The van der Waals surface area contributed by atoms with Gasteiger partial charge in [0.2, 0.25) is 5.91 Å². The summed E-state index contributed by atoms with van der Waals surface area (Å²) < 4.78 is 9.12. The molecule has 1 aromatic carbocycles. The molecule has 4 heterocycles. The molecule has 12 heteroatoms. The number of carboxylic acid groups (broad SMARTS) is 1. The number of nitrogens with zero attached hydrogens (tertiary/aromatic N) is 7. The van der Waals surface area contributed by atoms with Gasteiger partial charge in [0.25, 0.3) is 5.91 Å². The second kappa shape index (κ2) is 12.1. The first-order valence-corrected chi connectivity index (χ1v) is 13.9. The average Bonchev–Trinajstić information content (AvgIpc) is 3.62. The van der Waals surface area contributed by atoms with Crippen LogP contribution in [0.5, 0.6) is 0 Å². The van der Waals surface area contributed by atoms with Crippen LogP contribution in [0, 0.1) is 11.8 Å². The van der Waals surface area contributed by atoms with Gasteiger partial charge < -0.3 is 29.1 Å². The van der Waals surface area contributed by atoms with E-state index in [2.05, 4.69) is 5.10 Å². The van der Waals surface area contributed by atoms with E-state index in [0.29, 0.717) is 63.7 Å². The Bertz CT molecular complexity index is 1330. The first-order valence-electron chi connectivity index (χ1n) is 13.9. The van der Waals surface area contributed by atoms with E-state index in [4.69, 9.17) is 9.72 Å². The third-order valence-corrected chi connectivity index (χ3v) is 7.59. The molecule has 5 rings (SSSR count). The number of hydrogen-bond donors (Lipinski definition) is 1. The number of piperidine rings is 1. The highest BCUT2D eigenvalue weighted by molar-refractivity contribution is 5.95. The van der Waals surface area contributed by atoms with Gasteiger partial charge in [-0.05, 0) is 30.5 Å². The van der Waals surface area contributed by atoms with Gasteiger partial charge in [-0.25, -0.2) is 9.78 Å². The van der Waals surface area contributed by atoms with Crippen LogP contribution >= 0.6 is 0 Å². The van der Waals surface area contributed by atoms with Crippen LogP contribution in [0.1, 0.15) is 30.9 Å². The summed E-state index contributed by atoms with van der Waals surface area (Å²) in [4.78, 5) is 49.4. The molecule has 2 fully saturated rings. The Kier molecular flexibility index (Phi) is 8.34. The van der Waals surface area contributed by atoms with Crippen molar-refractivity contribution in [2.24, 2.45) is 11.8 Å².